The van der Waals surface area contributed by atoms with E-state index in [1.165, 1.54) is 12.5 Å². The number of carboxylic acids is 1. The van der Waals surface area contributed by atoms with E-state index in [2.05, 4.69) is 30.9 Å². The van der Waals surface area contributed by atoms with Crippen molar-refractivity contribution < 1.29 is 29.4 Å². The number of nitrogens with zero attached hydrogens (tertiary/aromatic N) is 1. The Hall–Kier alpha value is -5.01. The number of rotatable bonds is 14. The molecule has 42 heavy (non-hydrogen) atoms. The maximum absolute atomic E-state index is 13.4. The minimum absolute atomic E-state index is 0.0789. The number of aliphatic carboxylic acids is 1. The highest BCUT2D eigenvalue weighted by Gasteiger charge is 2.30. The number of carboxylic acid groups (broad SMARTS) is 1. The number of fused-ring (bicyclic) bond motifs is 1. The lowest BCUT2D eigenvalue weighted by molar-refractivity contribution is -0.142. The fourth-order valence-electron chi connectivity index (χ4n) is 4.52. The van der Waals surface area contributed by atoms with E-state index < -0.39 is 54.5 Å². The molecule has 3 amide bonds. The van der Waals surface area contributed by atoms with E-state index in [0.717, 1.165) is 22.0 Å². The number of carbonyl (C=O) groups is 4. The van der Waals surface area contributed by atoms with E-state index >= 15 is 0 Å². The number of aliphatic hydroxyl groups is 1. The van der Waals surface area contributed by atoms with Gasteiger partial charge in [0.05, 0.1) is 19.0 Å². The maximum Gasteiger partial charge on any atom is 0.326 e. The Kier molecular flexibility index (Phi) is 10.0. The molecule has 0 aliphatic carbocycles. The largest absolute Gasteiger partial charge is 0.480 e. The van der Waals surface area contributed by atoms with Gasteiger partial charge in [0, 0.05) is 41.8 Å². The molecular formula is C29H33N7O6. The monoisotopic (exact) mass is 575 g/mol. The topological polar surface area (TPSA) is 215 Å². The van der Waals surface area contributed by atoms with Gasteiger partial charge in [-0.3, -0.25) is 14.4 Å². The normalized spacial score (nSPS) is 14.0. The van der Waals surface area contributed by atoms with Crippen molar-refractivity contribution in [2.45, 2.75) is 43.4 Å². The lowest BCUT2D eigenvalue weighted by Crippen LogP contribution is -2.58. The van der Waals surface area contributed by atoms with Crippen LogP contribution in [0.1, 0.15) is 16.8 Å². The van der Waals surface area contributed by atoms with Crippen molar-refractivity contribution in [1.29, 1.82) is 0 Å². The highest BCUT2D eigenvalue weighted by atomic mass is 16.4. The number of aromatic amines is 2. The number of para-hydroxylation sites is 1. The summed E-state index contributed by atoms with van der Waals surface area (Å²) in [5.41, 5.74) is 9.19. The molecule has 0 aliphatic rings. The van der Waals surface area contributed by atoms with E-state index in [9.17, 15) is 29.4 Å². The highest BCUT2D eigenvalue weighted by molar-refractivity contribution is 5.94. The number of carbonyl (C=O) groups excluding carboxylic acids is 3. The first kappa shape index (κ1) is 30.0. The quantitative estimate of drug-likeness (QED) is 0.100. The van der Waals surface area contributed by atoms with Gasteiger partial charge in [-0.2, -0.15) is 0 Å². The van der Waals surface area contributed by atoms with Crippen molar-refractivity contribution in [3.8, 4) is 0 Å². The van der Waals surface area contributed by atoms with Gasteiger partial charge in [0.15, 0.2) is 0 Å². The number of hydrogen-bond donors (Lipinski definition) is 8. The summed E-state index contributed by atoms with van der Waals surface area (Å²) in [7, 11) is 0. The number of benzene rings is 2. The van der Waals surface area contributed by atoms with Gasteiger partial charge in [0.1, 0.15) is 18.1 Å². The van der Waals surface area contributed by atoms with Crippen LogP contribution in [-0.2, 0) is 38.4 Å². The maximum atomic E-state index is 13.4. The van der Waals surface area contributed by atoms with Gasteiger partial charge < -0.3 is 41.9 Å². The summed E-state index contributed by atoms with van der Waals surface area (Å²) in [5, 5.41) is 27.8. The Bertz CT molecular complexity index is 1510. The molecule has 4 rings (SSSR count). The summed E-state index contributed by atoms with van der Waals surface area (Å²) in [4.78, 5) is 60.8. The Balaban J connectivity index is 1.44. The summed E-state index contributed by atoms with van der Waals surface area (Å²) >= 11 is 0. The molecule has 4 aromatic rings. The molecule has 13 heteroatoms. The summed E-state index contributed by atoms with van der Waals surface area (Å²) in [6.07, 6.45) is 4.79. The zero-order valence-corrected chi connectivity index (χ0v) is 22.6. The third-order valence-corrected chi connectivity index (χ3v) is 6.78. The van der Waals surface area contributed by atoms with Crippen LogP contribution < -0.4 is 21.7 Å². The second-order valence-electron chi connectivity index (χ2n) is 9.85. The van der Waals surface area contributed by atoms with Crippen LogP contribution in [0.5, 0.6) is 0 Å². The van der Waals surface area contributed by atoms with Crippen molar-refractivity contribution in [1.82, 2.24) is 30.9 Å². The zero-order valence-electron chi connectivity index (χ0n) is 22.6. The van der Waals surface area contributed by atoms with Crippen molar-refractivity contribution in [3.63, 3.8) is 0 Å². The molecule has 0 saturated heterocycles. The van der Waals surface area contributed by atoms with E-state index in [1.807, 2.05) is 30.3 Å². The first-order valence-electron chi connectivity index (χ1n) is 13.3. The first-order chi connectivity index (χ1) is 20.2. The number of nitrogens with two attached hydrogens (primary N) is 1. The van der Waals surface area contributed by atoms with Gasteiger partial charge in [0.25, 0.3) is 0 Å². The Morgan fingerprint density at radius 3 is 2.17 bits per heavy atom. The molecule has 0 saturated carbocycles. The number of nitrogens with one attached hydrogen (secondary N) is 5. The van der Waals surface area contributed by atoms with Gasteiger partial charge in [-0.05, 0) is 23.6 Å². The fraction of sp³-hybridized carbons (Fsp3) is 0.276. The smallest absolute Gasteiger partial charge is 0.326 e. The Labute approximate surface area is 240 Å². The lowest BCUT2D eigenvalue weighted by atomic mass is 10.0. The predicted molar refractivity (Wildman–Crippen MR) is 153 cm³/mol. The van der Waals surface area contributed by atoms with Gasteiger partial charge in [-0.1, -0.05) is 48.5 Å². The lowest BCUT2D eigenvalue weighted by Gasteiger charge is -2.24. The predicted octanol–water partition coefficient (Wildman–Crippen LogP) is -0.222. The summed E-state index contributed by atoms with van der Waals surface area (Å²) in [6.45, 7) is -0.806. The number of imidazole rings is 1. The number of aromatic nitrogens is 3. The van der Waals surface area contributed by atoms with Crippen LogP contribution in [0, 0.1) is 0 Å². The van der Waals surface area contributed by atoms with Gasteiger partial charge >= 0.3 is 5.97 Å². The molecule has 9 N–H and O–H groups in total. The van der Waals surface area contributed by atoms with Crippen molar-refractivity contribution >= 4 is 34.6 Å². The van der Waals surface area contributed by atoms with Gasteiger partial charge in [-0.15, -0.1) is 0 Å². The second kappa shape index (κ2) is 14.1. The summed E-state index contributed by atoms with van der Waals surface area (Å²) in [6, 6.07) is 11.6. The van der Waals surface area contributed by atoms with Crippen LogP contribution in [0.4, 0.5) is 0 Å². The molecule has 2 heterocycles. The molecular weight excluding hydrogens is 542 g/mol. The fourth-order valence-corrected chi connectivity index (χ4v) is 4.52. The number of aliphatic hydroxyl groups excluding tert-OH is 1. The average Bonchev–Trinajstić information content (AvgIpc) is 3.65. The summed E-state index contributed by atoms with van der Waals surface area (Å²) < 4.78 is 0. The van der Waals surface area contributed by atoms with Crippen LogP contribution in [0.3, 0.4) is 0 Å². The van der Waals surface area contributed by atoms with Gasteiger partial charge in [-0.25, -0.2) is 9.78 Å². The van der Waals surface area contributed by atoms with Crippen molar-refractivity contribution in [2.75, 3.05) is 6.61 Å². The first-order valence-corrected chi connectivity index (χ1v) is 13.3. The molecule has 220 valence electrons. The zero-order chi connectivity index (χ0) is 30.1. The van der Waals surface area contributed by atoms with Crippen LogP contribution in [0.2, 0.25) is 0 Å². The molecule has 4 unspecified atom stereocenters. The minimum Gasteiger partial charge on any atom is -0.480 e. The molecule has 0 bridgehead atoms. The van der Waals surface area contributed by atoms with E-state index in [4.69, 9.17) is 5.73 Å². The molecule has 0 fully saturated rings. The Morgan fingerprint density at radius 1 is 0.810 bits per heavy atom. The minimum atomic E-state index is -1.48. The van der Waals surface area contributed by atoms with Crippen LogP contribution in [0.25, 0.3) is 10.9 Å². The van der Waals surface area contributed by atoms with Crippen molar-refractivity contribution in [2.24, 2.45) is 5.73 Å². The molecule has 13 nitrogen and oxygen atoms in total. The van der Waals surface area contributed by atoms with Gasteiger partial charge in [0.2, 0.25) is 17.7 Å². The molecule has 0 aliphatic heterocycles. The SMILES string of the molecule is NC(Cc1c[nH]c2ccccc12)C(=O)NC(Cc1ccccc1)C(=O)NC(CO)C(=O)NC(Cc1cnc[nH]1)C(=O)O. The Morgan fingerprint density at radius 2 is 1.48 bits per heavy atom. The molecule has 0 radical (unpaired) electrons. The highest BCUT2D eigenvalue weighted by Crippen LogP contribution is 2.19. The van der Waals surface area contributed by atoms with Crippen LogP contribution in [0.15, 0.2) is 73.3 Å². The standard InChI is InChI=1S/C29H33N7O6/c30-21(11-18-13-32-22-9-5-4-8-20(18)22)26(38)34-23(10-17-6-2-1-3-7-17)27(39)36-25(15-37)28(40)35-24(29(41)42)12-19-14-31-16-33-19/h1-9,13-14,16,21,23-25,32,37H,10-12,15,30H2,(H,31,33)(H,34,38)(H,35,40)(H,36,39)(H,41,42). The molecule has 2 aromatic heterocycles. The van der Waals surface area contributed by atoms with E-state index in [0.29, 0.717) is 5.69 Å². The molecule has 4 atom stereocenters. The number of amides is 3. The second-order valence-corrected chi connectivity index (χ2v) is 9.85. The van der Waals surface area contributed by atoms with Crippen LogP contribution >= 0.6 is 0 Å². The van der Waals surface area contributed by atoms with Crippen molar-refractivity contribution in [3.05, 3.63) is 90.1 Å². The van der Waals surface area contributed by atoms with E-state index in [1.54, 1.807) is 30.5 Å². The summed E-state index contributed by atoms with van der Waals surface area (Å²) in [5.74, 6) is -3.54. The molecule has 0 spiro atoms. The number of H-pyrrole nitrogens is 2. The average molecular weight is 576 g/mol. The third kappa shape index (κ3) is 7.80. The third-order valence-electron chi connectivity index (χ3n) is 6.78. The van der Waals surface area contributed by atoms with E-state index in [-0.39, 0.29) is 19.3 Å². The van der Waals surface area contributed by atoms with Crippen LogP contribution in [-0.4, -0.2) is 79.6 Å². The molecule has 2 aromatic carbocycles. The number of hydrogen-bond acceptors (Lipinski definition) is 7.